The third-order valence-corrected chi connectivity index (χ3v) is 1.17. The second kappa shape index (κ2) is 54.9. The van der Waals surface area contributed by atoms with Crippen molar-refractivity contribution in [2.45, 2.75) is 59.3 Å². The molecule has 0 radical (unpaired) electrons. The van der Waals surface area contributed by atoms with E-state index in [4.69, 9.17) is 5.11 Å². The van der Waals surface area contributed by atoms with Gasteiger partial charge in [0, 0.05) is 0 Å². The van der Waals surface area contributed by atoms with Crippen molar-refractivity contribution >= 4 is 23.9 Å². The van der Waals surface area contributed by atoms with Crippen molar-refractivity contribution in [1.82, 2.24) is 0 Å². The van der Waals surface area contributed by atoms with Crippen LogP contribution in [0.1, 0.15) is 59.3 Å². The maximum atomic E-state index is 7.70. The van der Waals surface area contributed by atoms with Gasteiger partial charge in [0.1, 0.15) is 0 Å². The van der Waals surface area contributed by atoms with Crippen molar-refractivity contribution in [3.8, 4) is 0 Å². The molecule has 0 saturated heterocycles. The molecule has 0 unspecified atom stereocenters. The predicted octanol–water partition coefficient (Wildman–Crippen LogP) is 4.45. The van der Waals surface area contributed by atoms with Crippen LogP contribution in [0.15, 0.2) is 6.58 Å². The van der Waals surface area contributed by atoms with Crippen LogP contribution in [0, 0.1) is 26.8 Å². The van der Waals surface area contributed by atoms with Gasteiger partial charge in [-0.15, -0.1) is 0 Å². The Labute approximate surface area is 128 Å². The van der Waals surface area contributed by atoms with E-state index in [-0.39, 0.29) is 30.5 Å². The predicted molar refractivity (Wildman–Crippen MR) is 82.5 cm³/mol. The fourth-order valence-electron chi connectivity index (χ4n) is 0. The molecule has 0 bridgehead atoms. The normalized spacial score (nSPS) is 6.76. The zero-order valence-corrected chi connectivity index (χ0v) is 15.1. The molecule has 17 heavy (non-hydrogen) atoms. The summed E-state index contributed by atoms with van der Waals surface area (Å²) >= 11 is 0. The fraction of sp³-hybridized carbons (Fsp3) is 0.667. The Morgan fingerprint density at radius 3 is 1.00 bits per heavy atom. The molecule has 0 rings (SSSR count). The number of hydrogen-bond donors (Lipinski definition) is 1. The van der Waals surface area contributed by atoms with Gasteiger partial charge in [0.25, 0.3) is 0 Å². The van der Waals surface area contributed by atoms with E-state index >= 15 is 0 Å². The first-order chi connectivity index (χ1) is 7.66. The van der Waals surface area contributed by atoms with Crippen molar-refractivity contribution in [3.05, 3.63) is 33.4 Å². The van der Waals surface area contributed by atoms with Crippen LogP contribution >= 0.6 is 0 Å². The van der Waals surface area contributed by atoms with E-state index in [9.17, 15) is 0 Å². The summed E-state index contributed by atoms with van der Waals surface area (Å²) in [7, 11) is 0. The molecule has 0 amide bonds. The van der Waals surface area contributed by atoms with E-state index in [0.29, 0.717) is 0 Å². The van der Waals surface area contributed by atoms with Crippen molar-refractivity contribution in [1.29, 1.82) is 0 Å². The van der Waals surface area contributed by atoms with Gasteiger partial charge in [-0.3, -0.25) is 6.58 Å². The molecule has 1 N–H and O–H groups in total. The number of rotatable bonds is 4. The van der Waals surface area contributed by atoms with Gasteiger partial charge in [-0.05, 0) is 0 Å². The number of aliphatic hydroxyl groups is 1. The van der Waals surface area contributed by atoms with Gasteiger partial charge in [-0.25, -0.2) is 0 Å². The van der Waals surface area contributed by atoms with Gasteiger partial charge in [-0.1, -0.05) is 46.6 Å². The van der Waals surface area contributed by atoms with Gasteiger partial charge in [0.05, 0.1) is 0 Å². The molecule has 0 spiro atoms. The molecule has 0 aromatic heterocycles. The Morgan fingerprint density at radius 1 is 0.882 bits per heavy atom. The first kappa shape index (κ1) is 30.5. The van der Waals surface area contributed by atoms with Crippen molar-refractivity contribution in [2.75, 3.05) is 6.61 Å². The molecule has 102 valence electrons. The molecule has 0 aliphatic carbocycles. The van der Waals surface area contributed by atoms with Crippen LogP contribution in [-0.4, -0.2) is 35.6 Å². The zero-order valence-electron chi connectivity index (χ0n) is 12.2. The molecule has 0 saturated carbocycles. The second-order valence-electron chi connectivity index (χ2n) is 2.97. The van der Waals surface area contributed by atoms with Crippen molar-refractivity contribution in [2.24, 2.45) is 0 Å². The van der Waals surface area contributed by atoms with Crippen molar-refractivity contribution < 1.29 is 5.11 Å². The van der Waals surface area contributed by atoms with E-state index in [0.717, 1.165) is 19.3 Å². The van der Waals surface area contributed by atoms with E-state index in [1.807, 2.05) is 0 Å². The van der Waals surface area contributed by atoms with Crippen LogP contribution in [0.5, 0.6) is 0 Å². The average Bonchev–Trinajstić information content (AvgIpc) is 2.39. The molecule has 0 aliphatic rings. The molecular weight excluding hydrogens is 315 g/mol. The Kier molecular flexibility index (Phi) is 98.4. The minimum atomic E-state index is -0.0417. The Morgan fingerprint density at radius 2 is 1.00 bits per heavy atom. The second-order valence-corrected chi connectivity index (χ2v) is 2.97. The summed E-state index contributed by atoms with van der Waals surface area (Å²) in [5.41, 5.74) is 0. The van der Waals surface area contributed by atoms with Crippen molar-refractivity contribution in [3.63, 3.8) is 0 Å². The third-order valence-electron chi connectivity index (χ3n) is 1.17. The fourth-order valence-corrected chi connectivity index (χ4v) is 0. The van der Waals surface area contributed by atoms with Gasteiger partial charge in [0.15, 0.2) is 0 Å². The van der Waals surface area contributed by atoms with Gasteiger partial charge in [-0.2, -0.15) is 19.3 Å². The van der Waals surface area contributed by atoms with E-state index in [2.05, 4.69) is 54.2 Å². The summed E-state index contributed by atoms with van der Waals surface area (Å²) in [4.78, 5) is 0. The maximum absolute atomic E-state index is 7.70. The van der Waals surface area contributed by atoms with Crippen LogP contribution in [0.4, 0.5) is 0 Å². The van der Waals surface area contributed by atoms with E-state index in [1.54, 1.807) is 0 Å². The van der Waals surface area contributed by atoms with Crippen LogP contribution in [0.2, 0.25) is 0 Å². The first-order valence-electron chi connectivity index (χ1n) is 6.14. The first-order valence-corrected chi connectivity index (χ1v) is 6.14. The van der Waals surface area contributed by atoms with Gasteiger partial charge in [0.2, 0.25) is 0 Å². The molecule has 0 fully saturated rings. The maximum Gasteiger partial charge on any atom is 4.00 e. The van der Waals surface area contributed by atoms with Crippen LogP contribution in [-0.2, 0) is 0 Å². The quantitative estimate of drug-likeness (QED) is 0.589. The minimum absolute atomic E-state index is 0. The van der Waals surface area contributed by atoms with Gasteiger partial charge < -0.3 is 32.0 Å². The Balaban J connectivity index is -0.0000000369. The summed E-state index contributed by atoms with van der Waals surface area (Å²) in [6, 6.07) is 0. The zero-order chi connectivity index (χ0) is 13.7. The summed E-state index contributed by atoms with van der Waals surface area (Å²) < 4.78 is 0. The number of aliphatic hydroxyl groups excluding tert-OH is 1. The van der Waals surface area contributed by atoms with Crippen LogP contribution in [0.3, 0.4) is 0 Å². The third kappa shape index (κ3) is 171. The summed E-state index contributed by atoms with van der Waals surface area (Å²) in [6.07, 6.45) is 9.07. The van der Waals surface area contributed by atoms with Crippen LogP contribution < -0.4 is 0 Å². The molecule has 0 aromatic rings. The largest absolute Gasteiger partial charge is 4.00 e. The molecule has 0 aliphatic heterocycles. The summed E-state index contributed by atoms with van der Waals surface area (Å²) in [5.74, 6) is 0. The molecule has 0 heterocycles. The number of unbranched alkanes of at least 4 members (excludes halogenated alkanes) is 3. The monoisotopic (exact) mass is 348 g/mol. The minimum Gasteiger partial charge on any atom is -0.478 e. The summed E-state index contributed by atoms with van der Waals surface area (Å²) in [5, 5.41) is 7.70. The van der Waals surface area contributed by atoms with Gasteiger partial charge >= 0.3 is 23.9 Å². The van der Waals surface area contributed by atoms with Crippen LogP contribution in [0.25, 0.3) is 0 Å². The standard InChI is InChI=1S/3C4H9.C3H5O.Sn/c3*1-3-4-2;1-2-3-4;/h3*1,3-4H2,2H3;4H,1,3H2;/q4*-1;+4. The SMILES string of the molecule is C=[C-]CO.[CH2-]CCC.[CH2-]CCC.[CH2-]CCC.[Sn+4]. The Hall–Kier alpha value is 0.499. The topological polar surface area (TPSA) is 20.2 Å². The van der Waals surface area contributed by atoms with E-state index in [1.165, 1.54) is 19.3 Å². The molecule has 2 heteroatoms. The smallest absolute Gasteiger partial charge is 0.478 e. The molecule has 0 aromatic carbocycles. The molecule has 0 atom stereocenters. The summed E-state index contributed by atoms with van der Waals surface area (Å²) in [6.45, 7) is 20.2. The Bertz CT molecular complexity index is 59.8. The van der Waals surface area contributed by atoms with E-state index < -0.39 is 0 Å². The number of hydrogen-bond acceptors (Lipinski definition) is 1. The average molecular weight is 347 g/mol. The molecular formula is C15H32OSn. The molecule has 1 nitrogen and oxygen atoms in total.